The summed E-state index contributed by atoms with van der Waals surface area (Å²) < 4.78 is 10.7. The molecule has 1 aromatic heterocycles. The van der Waals surface area contributed by atoms with Gasteiger partial charge in [-0.05, 0) is 37.5 Å². The summed E-state index contributed by atoms with van der Waals surface area (Å²) in [7, 11) is 3.24. The van der Waals surface area contributed by atoms with Crippen LogP contribution in [-0.4, -0.2) is 42.4 Å². The van der Waals surface area contributed by atoms with E-state index < -0.39 is 5.60 Å². The third-order valence-corrected chi connectivity index (χ3v) is 5.18. The second kappa shape index (κ2) is 7.72. The maximum Gasteiger partial charge on any atom is 0.133 e. The highest BCUT2D eigenvalue weighted by Gasteiger charge is 2.35. The second-order valence-corrected chi connectivity index (χ2v) is 7.50. The Kier molecular flexibility index (Phi) is 5.56. The first-order valence-corrected chi connectivity index (χ1v) is 9.41. The molecule has 2 aromatic rings. The van der Waals surface area contributed by atoms with Crippen LogP contribution in [0, 0.1) is 6.92 Å². The number of aliphatic hydroxyl groups is 1. The SMILES string of the molecule is COc1cc(OC)cc(C2(O)CCN(c3cc(C)nc(C(C)C)n3)CC2)c1. The van der Waals surface area contributed by atoms with Crippen molar-refractivity contribution < 1.29 is 14.6 Å². The molecule has 0 aliphatic carbocycles. The van der Waals surface area contributed by atoms with E-state index in [9.17, 15) is 5.11 Å². The molecule has 0 unspecified atom stereocenters. The second-order valence-electron chi connectivity index (χ2n) is 7.50. The van der Waals surface area contributed by atoms with Crippen LogP contribution in [0.3, 0.4) is 0 Å². The number of aryl methyl sites for hydroxylation is 1. The van der Waals surface area contributed by atoms with E-state index in [1.54, 1.807) is 14.2 Å². The average Bonchev–Trinajstić information content (AvgIpc) is 2.67. The lowest BCUT2D eigenvalue weighted by molar-refractivity contribution is 0.0113. The maximum absolute atomic E-state index is 11.3. The minimum atomic E-state index is -0.902. The van der Waals surface area contributed by atoms with Crippen molar-refractivity contribution in [3.8, 4) is 11.5 Å². The molecular weight excluding hydrogens is 342 g/mol. The predicted octanol–water partition coefficient (Wildman–Crippen LogP) is 3.41. The van der Waals surface area contributed by atoms with E-state index >= 15 is 0 Å². The van der Waals surface area contributed by atoms with E-state index in [-0.39, 0.29) is 5.92 Å². The van der Waals surface area contributed by atoms with Crippen LogP contribution in [0.15, 0.2) is 24.3 Å². The van der Waals surface area contributed by atoms with Crippen LogP contribution in [0.5, 0.6) is 11.5 Å². The summed E-state index contributed by atoms with van der Waals surface area (Å²) in [6.45, 7) is 7.65. The highest BCUT2D eigenvalue weighted by Crippen LogP contribution is 2.37. The molecule has 27 heavy (non-hydrogen) atoms. The first-order chi connectivity index (χ1) is 12.8. The highest BCUT2D eigenvalue weighted by molar-refractivity contribution is 5.44. The largest absolute Gasteiger partial charge is 0.497 e. The molecule has 1 N–H and O–H groups in total. The van der Waals surface area contributed by atoms with Gasteiger partial charge in [-0.25, -0.2) is 9.97 Å². The van der Waals surface area contributed by atoms with E-state index in [4.69, 9.17) is 14.5 Å². The smallest absolute Gasteiger partial charge is 0.133 e. The van der Waals surface area contributed by atoms with Crippen molar-refractivity contribution in [2.75, 3.05) is 32.2 Å². The van der Waals surface area contributed by atoms with Crippen LogP contribution in [0.4, 0.5) is 5.82 Å². The molecule has 0 atom stereocenters. The highest BCUT2D eigenvalue weighted by atomic mass is 16.5. The number of piperidine rings is 1. The normalized spacial score (nSPS) is 16.5. The van der Waals surface area contributed by atoms with Crippen LogP contribution in [0.1, 0.15) is 49.7 Å². The molecule has 0 amide bonds. The fraction of sp³-hybridized carbons (Fsp3) is 0.524. The van der Waals surface area contributed by atoms with Crippen molar-refractivity contribution in [2.24, 2.45) is 0 Å². The van der Waals surface area contributed by atoms with Gasteiger partial charge in [0.2, 0.25) is 0 Å². The molecule has 0 radical (unpaired) electrons. The number of ether oxygens (including phenoxy) is 2. The first kappa shape index (κ1) is 19.4. The molecule has 1 fully saturated rings. The van der Waals surface area contributed by atoms with Gasteiger partial charge in [0.1, 0.15) is 23.1 Å². The Morgan fingerprint density at radius 2 is 1.59 bits per heavy atom. The zero-order chi connectivity index (χ0) is 19.6. The van der Waals surface area contributed by atoms with Crippen LogP contribution < -0.4 is 14.4 Å². The number of hydrogen-bond acceptors (Lipinski definition) is 6. The lowest BCUT2D eigenvalue weighted by atomic mass is 9.84. The lowest BCUT2D eigenvalue weighted by Crippen LogP contribution is -2.43. The van der Waals surface area contributed by atoms with Gasteiger partial charge in [-0.3, -0.25) is 0 Å². The summed E-state index contributed by atoms with van der Waals surface area (Å²) in [5, 5.41) is 11.3. The molecule has 1 saturated heterocycles. The molecular formula is C21H29N3O3. The number of rotatable bonds is 5. The van der Waals surface area contributed by atoms with Crippen molar-refractivity contribution in [3.63, 3.8) is 0 Å². The Morgan fingerprint density at radius 3 is 2.11 bits per heavy atom. The van der Waals surface area contributed by atoms with Crippen LogP contribution in [0.25, 0.3) is 0 Å². The Morgan fingerprint density at radius 1 is 1.00 bits per heavy atom. The molecule has 1 aromatic carbocycles. The Labute approximate surface area is 161 Å². The lowest BCUT2D eigenvalue weighted by Gasteiger charge is -2.39. The van der Waals surface area contributed by atoms with Gasteiger partial charge in [0.05, 0.1) is 19.8 Å². The Balaban J connectivity index is 1.80. The van der Waals surface area contributed by atoms with E-state index in [0.29, 0.717) is 24.3 Å². The number of benzene rings is 1. The summed E-state index contributed by atoms with van der Waals surface area (Å²) in [4.78, 5) is 11.5. The summed E-state index contributed by atoms with van der Waals surface area (Å²) in [6.07, 6.45) is 1.23. The Bertz CT molecular complexity index is 777. The zero-order valence-electron chi connectivity index (χ0n) is 16.8. The van der Waals surface area contributed by atoms with Crippen molar-refractivity contribution in [3.05, 3.63) is 41.3 Å². The summed E-state index contributed by atoms with van der Waals surface area (Å²) in [6, 6.07) is 7.62. The third-order valence-electron chi connectivity index (χ3n) is 5.18. The van der Waals surface area contributed by atoms with Crippen molar-refractivity contribution >= 4 is 5.82 Å². The third kappa shape index (κ3) is 4.16. The fourth-order valence-corrected chi connectivity index (χ4v) is 3.47. The average molecular weight is 371 g/mol. The minimum absolute atomic E-state index is 0.287. The Hall–Kier alpha value is -2.34. The molecule has 1 aliphatic rings. The standard InChI is InChI=1S/C21H29N3O3/c1-14(2)20-22-15(3)10-19(23-20)24-8-6-21(25,7-9-24)16-11-17(26-4)13-18(12-16)27-5/h10-14,25H,6-9H2,1-5H3. The number of hydrogen-bond donors (Lipinski definition) is 1. The molecule has 3 rings (SSSR count). The predicted molar refractivity (Wildman–Crippen MR) is 106 cm³/mol. The molecule has 0 saturated carbocycles. The topological polar surface area (TPSA) is 67.7 Å². The molecule has 0 bridgehead atoms. The summed E-state index contributed by atoms with van der Waals surface area (Å²) >= 11 is 0. The van der Waals surface area contributed by atoms with Gasteiger partial charge in [-0.15, -0.1) is 0 Å². The van der Waals surface area contributed by atoms with Gasteiger partial charge in [0.25, 0.3) is 0 Å². The maximum atomic E-state index is 11.3. The van der Waals surface area contributed by atoms with Crippen molar-refractivity contribution in [2.45, 2.75) is 45.1 Å². The van der Waals surface area contributed by atoms with Crippen LogP contribution >= 0.6 is 0 Å². The van der Waals surface area contributed by atoms with E-state index in [1.807, 2.05) is 31.2 Å². The van der Waals surface area contributed by atoms with Crippen molar-refractivity contribution in [1.29, 1.82) is 0 Å². The van der Waals surface area contributed by atoms with Crippen LogP contribution in [0.2, 0.25) is 0 Å². The van der Waals surface area contributed by atoms with Gasteiger partial charge in [0, 0.05) is 36.8 Å². The minimum Gasteiger partial charge on any atom is -0.497 e. The number of anilines is 1. The first-order valence-electron chi connectivity index (χ1n) is 9.41. The number of methoxy groups -OCH3 is 2. The monoisotopic (exact) mass is 371 g/mol. The van der Waals surface area contributed by atoms with Gasteiger partial charge in [-0.2, -0.15) is 0 Å². The van der Waals surface area contributed by atoms with Crippen LogP contribution in [-0.2, 0) is 5.60 Å². The van der Waals surface area contributed by atoms with Gasteiger partial charge in [0.15, 0.2) is 0 Å². The van der Waals surface area contributed by atoms with E-state index in [2.05, 4.69) is 23.7 Å². The fourth-order valence-electron chi connectivity index (χ4n) is 3.47. The zero-order valence-corrected chi connectivity index (χ0v) is 16.8. The molecule has 6 heteroatoms. The number of aromatic nitrogens is 2. The molecule has 6 nitrogen and oxygen atoms in total. The molecule has 0 spiro atoms. The quantitative estimate of drug-likeness (QED) is 0.869. The number of nitrogens with zero attached hydrogens (tertiary/aromatic N) is 3. The van der Waals surface area contributed by atoms with Crippen molar-refractivity contribution in [1.82, 2.24) is 9.97 Å². The van der Waals surface area contributed by atoms with Gasteiger partial charge in [-0.1, -0.05) is 13.8 Å². The molecule has 2 heterocycles. The van der Waals surface area contributed by atoms with Gasteiger partial charge >= 0.3 is 0 Å². The molecule has 146 valence electrons. The van der Waals surface area contributed by atoms with Gasteiger partial charge < -0.3 is 19.5 Å². The molecule has 1 aliphatic heterocycles. The van der Waals surface area contributed by atoms with E-state index in [0.717, 1.165) is 36.0 Å². The summed E-state index contributed by atoms with van der Waals surface area (Å²) in [5.41, 5.74) is 0.906. The summed E-state index contributed by atoms with van der Waals surface area (Å²) in [5.74, 6) is 3.47. The van der Waals surface area contributed by atoms with E-state index in [1.165, 1.54) is 0 Å².